The van der Waals surface area contributed by atoms with Gasteiger partial charge < -0.3 is 19.1 Å². The van der Waals surface area contributed by atoms with E-state index in [0.29, 0.717) is 61.1 Å². The lowest BCUT2D eigenvalue weighted by atomic mass is 10.0. The minimum atomic E-state index is -0.311. The monoisotopic (exact) mass is 438 g/mol. The van der Waals surface area contributed by atoms with Gasteiger partial charge in [0, 0.05) is 33.4 Å². The van der Waals surface area contributed by atoms with Crippen molar-refractivity contribution in [2.75, 3.05) is 41.0 Å². The number of carbonyl (C=O) groups excluding carboxylic acids is 2. The predicted molar refractivity (Wildman–Crippen MR) is 122 cm³/mol. The number of rotatable bonds is 11. The third-order valence-electron chi connectivity index (χ3n) is 5.33. The molecule has 0 fully saturated rings. The van der Waals surface area contributed by atoms with Crippen LogP contribution in [-0.2, 0) is 20.9 Å². The third kappa shape index (κ3) is 4.94. The van der Waals surface area contributed by atoms with Crippen LogP contribution in [0.15, 0.2) is 54.2 Å². The number of amides is 2. The van der Waals surface area contributed by atoms with Gasteiger partial charge in [0.15, 0.2) is 11.5 Å². The summed E-state index contributed by atoms with van der Waals surface area (Å²) in [4.78, 5) is 29.9. The Morgan fingerprint density at radius 1 is 0.938 bits per heavy atom. The first-order valence-electron chi connectivity index (χ1n) is 10.7. The maximum Gasteiger partial charge on any atom is 0.277 e. The van der Waals surface area contributed by atoms with Crippen molar-refractivity contribution in [2.24, 2.45) is 0 Å². The molecular weight excluding hydrogens is 408 g/mol. The van der Waals surface area contributed by atoms with E-state index in [0.717, 1.165) is 5.56 Å². The zero-order valence-electron chi connectivity index (χ0n) is 19.1. The molecule has 1 aliphatic heterocycles. The fourth-order valence-electron chi connectivity index (χ4n) is 3.78. The number of hydrogen-bond donors (Lipinski definition) is 0. The fourth-order valence-corrected chi connectivity index (χ4v) is 3.78. The van der Waals surface area contributed by atoms with Gasteiger partial charge in [-0.2, -0.15) is 0 Å². The molecule has 170 valence electrons. The van der Waals surface area contributed by atoms with Gasteiger partial charge in [-0.25, -0.2) is 0 Å². The maximum absolute atomic E-state index is 13.4. The average Bonchev–Trinajstić information content (AvgIpc) is 3.06. The molecule has 2 aromatic carbocycles. The normalized spacial score (nSPS) is 13.7. The summed E-state index contributed by atoms with van der Waals surface area (Å²) in [6, 6.07) is 15.1. The lowest BCUT2D eigenvalue weighted by Gasteiger charge is -2.21. The molecule has 3 rings (SSSR count). The van der Waals surface area contributed by atoms with E-state index in [2.05, 4.69) is 0 Å². The average molecular weight is 439 g/mol. The van der Waals surface area contributed by atoms with Crippen LogP contribution >= 0.6 is 0 Å². The Morgan fingerprint density at radius 2 is 1.66 bits per heavy atom. The van der Waals surface area contributed by atoms with Crippen LogP contribution in [0.2, 0.25) is 0 Å². The highest BCUT2D eigenvalue weighted by Gasteiger charge is 2.40. The first-order chi connectivity index (χ1) is 15.5. The molecular formula is C25H30N2O5. The van der Waals surface area contributed by atoms with E-state index < -0.39 is 0 Å². The molecule has 0 unspecified atom stereocenters. The molecule has 1 aliphatic rings. The van der Waals surface area contributed by atoms with E-state index in [1.54, 1.807) is 32.4 Å². The Bertz CT molecular complexity index is 987. The second kappa shape index (κ2) is 10.8. The molecule has 32 heavy (non-hydrogen) atoms. The molecule has 2 aromatic rings. The Labute approximate surface area is 189 Å². The van der Waals surface area contributed by atoms with Gasteiger partial charge in [0.2, 0.25) is 0 Å². The van der Waals surface area contributed by atoms with Crippen LogP contribution in [0.5, 0.6) is 11.5 Å². The molecule has 7 nitrogen and oxygen atoms in total. The summed E-state index contributed by atoms with van der Waals surface area (Å²) in [5, 5.41) is 0. The van der Waals surface area contributed by atoms with Crippen LogP contribution in [0.4, 0.5) is 0 Å². The number of hydrogen-bond acceptors (Lipinski definition) is 6. The van der Waals surface area contributed by atoms with Crippen molar-refractivity contribution < 1.29 is 23.8 Å². The summed E-state index contributed by atoms with van der Waals surface area (Å²) in [5.74, 6) is 0.447. The SMILES string of the molecule is CCOCCCN1C(=O)C(c2ccc(OC)c(OC)c2)=C(N(C)Cc2ccccc2)C1=O. The van der Waals surface area contributed by atoms with Gasteiger partial charge in [0.25, 0.3) is 11.8 Å². The molecule has 0 aliphatic carbocycles. The molecule has 0 N–H and O–H groups in total. The first-order valence-corrected chi connectivity index (χ1v) is 10.7. The van der Waals surface area contributed by atoms with Crippen molar-refractivity contribution in [3.05, 3.63) is 65.4 Å². The molecule has 0 spiro atoms. The summed E-state index contributed by atoms with van der Waals surface area (Å²) in [6.45, 7) is 3.81. The topological polar surface area (TPSA) is 68.3 Å². The van der Waals surface area contributed by atoms with Crippen molar-refractivity contribution in [1.82, 2.24) is 9.80 Å². The van der Waals surface area contributed by atoms with Gasteiger partial charge in [-0.3, -0.25) is 14.5 Å². The molecule has 0 aromatic heterocycles. The molecule has 0 atom stereocenters. The van der Waals surface area contributed by atoms with Gasteiger partial charge in [-0.1, -0.05) is 36.4 Å². The standard InChI is InChI=1S/C25H30N2O5/c1-5-32-15-9-14-27-24(28)22(19-12-13-20(30-3)21(16-19)31-4)23(25(27)29)26(2)17-18-10-7-6-8-11-18/h6-8,10-13,16H,5,9,14-15,17H2,1-4H3. The van der Waals surface area contributed by atoms with Crippen LogP contribution in [0.1, 0.15) is 24.5 Å². The first kappa shape index (κ1) is 23.3. The molecule has 1 heterocycles. The summed E-state index contributed by atoms with van der Waals surface area (Å²) in [7, 11) is 4.93. The van der Waals surface area contributed by atoms with E-state index >= 15 is 0 Å². The summed E-state index contributed by atoms with van der Waals surface area (Å²) < 4.78 is 16.1. The zero-order valence-corrected chi connectivity index (χ0v) is 19.1. The van der Waals surface area contributed by atoms with E-state index in [1.165, 1.54) is 4.90 Å². The number of likely N-dealkylation sites (N-methyl/N-ethyl adjacent to an activating group) is 1. The lowest BCUT2D eigenvalue weighted by molar-refractivity contribution is -0.137. The third-order valence-corrected chi connectivity index (χ3v) is 5.33. The summed E-state index contributed by atoms with van der Waals surface area (Å²) in [6.07, 6.45) is 0.584. The lowest BCUT2D eigenvalue weighted by Crippen LogP contribution is -2.35. The predicted octanol–water partition coefficient (Wildman–Crippen LogP) is 3.34. The number of methoxy groups -OCH3 is 2. The van der Waals surface area contributed by atoms with Crippen LogP contribution in [-0.4, -0.2) is 62.6 Å². The highest BCUT2D eigenvalue weighted by atomic mass is 16.5. The highest BCUT2D eigenvalue weighted by Crippen LogP contribution is 2.36. The quantitative estimate of drug-likeness (QED) is 0.396. The fraction of sp³-hybridized carbons (Fsp3) is 0.360. The van der Waals surface area contributed by atoms with Crippen LogP contribution < -0.4 is 9.47 Å². The molecule has 0 saturated carbocycles. The van der Waals surface area contributed by atoms with Gasteiger partial charge in [-0.05, 0) is 36.6 Å². The number of imide groups is 1. The molecule has 0 saturated heterocycles. The summed E-state index contributed by atoms with van der Waals surface area (Å²) >= 11 is 0. The van der Waals surface area contributed by atoms with Crippen LogP contribution in [0.25, 0.3) is 5.57 Å². The Morgan fingerprint density at radius 3 is 2.31 bits per heavy atom. The second-order valence-electron chi connectivity index (χ2n) is 7.45. The highest BCUT2D eigenvalue weighted by molar-refractivity contribution is 6.35. The Balaban J connectivity index is 1.99. The second-order valence-corrected chi connectivity index (χ2v) is 7.45. The maximum atomic E-state index is 13.4. The van der Waals surface area contributed by atoms with E-state index in [4.69, 9.17) is 14.2 Å². The van der Waals surface area contributed by atoms with Crippen molar-refractivity contribution in [3.8, 4) is 11.5 Å². The smallest absolute Gasteiger partial charge is 0.277 e. The minimum absolute atomic E-state index is 0.297. The Kier molecular flexibility index (Phi) is 7.89. The minimum Gasteiger partial charge on any atom is -0.493 e. The van der Waals surface area contributed by atoms with Crippen LogP contribution in [0.3, 0.4) is 0 Å². The van der Waals surface area contributed by atoms with Crippen LogP contribution in [0, 0.1) is 0 Å². The number of nitrogens with zero attached hydrogens (tertiary/aromatic N) is 2. The molecule has 0 bridgehead atoms. The Hall–Kier alpha value is -3.32. The van der Waals surface area contributed by atoms with Crippen molar-refractivity contribution >= 4 is 17.4 Å². The number of carbonyl (C=O) groups is 2. The van der Waals surface area contributed by atoms with Crippen molar-refractivity contribution in [2.45, 2.75) is 19.9 Å². The van der Waals surface area contributed by atoms with Crippen molar-refractivity contribution in [1.29, 1.82) is 0 Å². The van der Waals surface area contributed by atoms with Gasteiger partial charge in [0.05, 0.1) is 19.8 Å². The molecule has 0 radical (unpaired) electrons. The molecule has 2 amide bonds. The van der Waals surface area contributed by atoms with Gasteiger partial charge in [0.1, 0.15) is 5.70 Å². The van der Waals surface area contributed by atoms with E-state index in [9.17, 15) is 9.59 Å². The number of benzene rings is 2. The van der Waals surface area contributed by atoms with E-state index in [-0.39, 0.29) is 11.8 Å². The van der Waals surface area contributed by atoms with Gasteiger partial charge in [-0.15, -0.1) is 0 Å². The van der Waals surface area contributed by atoms with Crippen molar-refractivity contribution in [3.63, 3.8) is 0 Å². The largest absolute Gasteiger partial charge is 0.493 e. The summed E-state index contributed by atoms with van der Waals surface area (Å²) in [5.41, 5.74) is 2.40. The van der Waals surface area contributed by atoms with Gasteiger partial charge >= 0.3 is 0 Å². The molecule has 7 heteroatoms. The number of ether oxygens (including phenoxy) is 3. The zero-order chi connectivity index (χ0) is 23.1. The van der Waals surface area contributed by atoms with E-state index in [1.807, 2.05) is 49.2 Å².